The molecule has 0 saturated heterocycles. The molecule has 1 saturated carbocycles. The quantitative estimate of drug-likeness (QED) is 0.741. The van der Waals surface area contributed by atoms with Crippen molar-refractivity contribution in [1.82, 2.24) is 4.98 Å². The fraction of sp³-hybridized carbons (Fsp3) is 0.500. The van der Waals surface area contributed by atoms with Gasteiger partial charge in [-0.15, -0.1) is 0 Å². The summed E-state index contributed by atoms with van der Waals surface area (Å²) in [6.07, 6.45) is 8.41. The third-order valence-corrected chi connectivity index (χ3v) is 4.99. The third-order valence-electron chi connectivity index (χ3n) is 4.99. The predicted molar refractivity (Wildman–Crippen MR) is 92.3 cm³/mol. The van der Waals surface area contributed by atoms with Crippen molar-refractivity contribution in [1.29, 1.82) is 0 Å². The van der Waals surface area contributed by atoms with Crippen molar-refractivity contribution >= 4 is 16.9 Å². The molecule has 0 radical (unpaired) electrons. The Morgan fingerprint density at radius 3 is 2.78 bits per heavy atom. The van der Waals surface area contributed by atoms with Crippen LogP contribution in [0.15, 0.2) is 36.5 Å². The minimum Gasteiger partial charge on any atom is -0.466 e. The molecule has 1 aliphatic rings. The highest BCUT2D eigenvalue weighted by Gasteiger charge is 2.23. The molecule has 0 bridgehead atoms. The summed E-state index contributed by atoms with van der Waals surface area (Å²) in [6.45, 7) is 2.35. The van der Waals surface area contributed by atoms with E-state index in [9.17, 15) is 4.79 Å². The molecule has 1 fully saturated rings. The fourth-order valence-corrected chi connectivity index (χ4v) is 3.65. The van der Waals surface area contributed by atoms with Crippen molar-refractivity contribution in [2.45, 2.75) is 51.4 Å². The number of hydrogen-bond donors (Lipinski definition) is 0. The van der Waals surface area contributed by atoms with Crippen LogP contribution in [0.2, 0.25) is 0 Å². The lowest BCUT2D eigenvalue weighted by atomic mass is 9.77. The van der Waals surface area contributed by atoms with E-state index in [4.69, 9.17) is 4.74 Å². The first kappa shape index (κ1) is 16.0. The Bertz CT molecular complexity index is 659. The summed E-state index contributed by atoms with van der Waals surface area (Å²) < 4.78 is 5.02. The molecule has 0 unspecified atom stereocenters. The first-order chi connectivity index (χ1) is 11.3. The molecule has 0 aliphatic heterocycles. The second kappa shape index (κ2) is 7.58. The molecule has 0 N–H and O–H groups in total. The summed E-state index contributed by atoms with van der Waals surface area (Å²) in [5, 5.41) is 1.23. The van der Waals surface area contributed by atoms with E-state index in [0.717, 1.165) is 11.9 Å². The summed E-state index contributed by atoms with van der Waals surface area (Å²) in [4.78, 5) is 16.1. The zero-order valence-corrected chi connectivity index (χ0v) is 13.8. The molecule has 122 valence electrons. The molecule has 23 heavy (non-hydrogen) atoms. The lowest BCUT2D eigenvalue weighted by Crippen LogP contribution is -2.15. The second-order valence-corrected chi connectivity index (χ2v) is 6.52. The fourth-order valence-electron chi connectivity index (χ4n) is 3.65. The number of pyridine rings is 1. The molecule has 1 aliphatic carbocycles. The lowest BCUT2D eigenvalue weighted by molar-refractivity contribution is -0.143. The molecule has 1 aromatic carbocycles. The summed E-state index contributed by atoms with van der Waals surface area (Å²) >= 11 is 0. The van der Waals surface area contributed by atoms with E-state index in [1.54, 1.807) is 0 Å². The zero-order chi connectivity index (χ0) is 16.1. The molecular formula is C20H25NO2. The molecule has 2 aromatic rings. The van der Waals surface area contributed by atoms with Crippen LogP contribution in [-0.2, 0) is 9.53 Å². The van der Waals surface area contributed by atoms with Gasteiger partial charge >= 0.3 is 5.97 Å². The van der Waals surface area contributed by atoms with Crippen molar-refractivity contribution in [3.63, 3.8) is 0 Å². The van der Waals surface area contributed by atoms with Crippen molar-refractivity contribution in [2.75, 3.05) is 6.61 Å². The maximum absolute atomic E-state index is 11.5. The Balaban J connectivity index is 1.54. The monoisotopic (exact) mass is 311 g/mol. The zero-order valence-electron chi connectivity index (χ0n) is 13.8. The van der Waals surface area contributed by atoms with Crippen molar-refractivity contribution in [3.05, 3.63) is 42.1 Å². The summed E-state index contributed by atoms with van der Waals surface area (Å²) in [7, 11) is 0. The maximum Gasteiger partial charge on any atom is 0.305 e. The Hall–Kier alpha value is -1.90. The SMILES string of the molecule is CCOC(=O)CCC1CCC(c2cnc3ccccc3c2)CC1. The minimum absolute atomic E-state index is 0.0478. The molecule has 0 spiro atoms. The van der Waals surface area contributed by atoms with Gasteiger partial charge in [0.2, 0.25) is 0 Å². The smallest absolute Gasteiger partial charge is 0.305 e. The van der Waals surface area contributed by atoms with Gasteiger partial charge in [-0.2, -0.15) is 0 Å². The lowest BCUT2D eigenvalue weighted by Gasteiger charge is -2.28. The molecule has 0 atom stereocenters. The standard InChI is InChI=1S/C20H25NO2/c1-2-23-20(22)12-9-15-7-10-16(11-8-15)18-13-17-5-3-4-6-19(17)21-14-18/h3-6,13-16H,2,7-12H2,1H3. The van der Waals surface area contributed by atoms with Crippen LogP contribution in [-0.4, -0.2) is 17.6 Å². The Morgan fingerprint density at radius 2 is 2.00 bits per heavy atom. The average Bonchev–Trinajstić information content (AvgIpc) is 2.60. The first-order valence-corrected chi connectivity index (χ1v) is 8.76. The van der Waals surface area contributed by atoms with Gasteiger partial charge in [-0.25, -0.2) is 0 Å². The van der Waals surface area contributed by atoms with Crippen LogP contribution in [0.5, 0.6) is 0 Å². The highest BCUT2D eigenvalue weighted by atomic mass is 16.5. The van der Waals surface area contributed by atoms with Crippen molar-refractivity contribution in [2.24, 2.45) is 5.92 Å². The van der Waals surface area contributed by atoms with Gasteiger partial charge in [-0.05, 0) is 68.6 Å². The highest BCUT2D eigenvalue weighted by Crippen LogP contribution is 2.37. The second-order valence-electron chi connectivity index (χ2n) is 6.52. The topological polar surface area (TPSA) is 39.2 Å². The molecule has 1 aromatic heterocycles. The van der Waals surface area contributed by atoms with Gasteiger partial charge in [0, 0.05) is 18.0 Å². The number of ether oxygens (including phenoxy) is 1. The van der Waals surface area contributed by atoms with Gasteiger partial charge in [-0.3, -0.25) is 9.78 Å². The van der Waals surface area contributed by atoms with Gasteiger partial charge < -0.3 is 4.74 Å². The van der Waals surface area contributed by atoms with E-state index in [2.05, 4.69) is 29.2 Å². The van der Waals surface area contributed by atoms with E-state index in [1.165, 1.54) is 36.6 Å². The summed E-state index contributed by atoms with van der Waals surface area (Å²) in [6, 6.07) is 10.6. The number of hydrogen-bond acceptors (Lipinski definition) is 3. The highest BCUT2D eigenvalue weighted by molar-refractivity contribution is 5.78. The van der Waals surface area contributed by atoms with Gasteiger partial charge in [0.25, 0.3) is 0 Å². The average molecular weight is 311 g/mol. The van der Waals surface area contributed by atoms with E-state index >= 15 is 0 Å². The number of para-hydroxylation sites is 1. The van der Waals surface area contributed by atoms with E-state index in [0.29, 0.717) is 24.9 Å². The summed E-state index contributed by atoms with van der Waals surface area (Å²) in [5.74, 6) is 1.24. The van der Waals surface area contributed by atoms with E-state index in [1.807, 2.05) is 19.2 Å². The minimum atomic E-state index is -0.0478. The number of rotatable bonds is 5. The van der Waals surface area contributed by atoms with Crippen molar-refractivity contribution < 1.29 is 9.53 Å². The third kappa shape index (κ3) is 4.10. The number of carbonyl (C=O) groups is 1. The van der Waals surface area contributed by atoms with Crippen LogP contribution in [0.1, 0.15) is 56.9 Å². The predicted octanol–water partition coefficient (Wildman–Crippen LogP) is 4.85. The van der Waals surface area contributed by atoms with Crippen molar-refractivity contribution in [3.8, 4) is 0 Å². The van der Waals surface area contributed by atoms with Crippen LogP contribution < -0.4 is 0 Å². The van der Waals surface area contributed by atoms with Crippen LogP contribution >= 0.6 is 0 Å². The number of nitrogens with zero attached hydrogens (tertiary/aromatic N) is 1. The maximum atomic E-state index is 11.5. The number of fused-ring (bicyclic) bond motifs is 1. The van der Waals surface area contributed by atoms with Gasteiger partial charge in [0.15, 0.2) is 0 Å². The number of benzene rings is 1. The Kier molecular flexibility index (Phi) is 5.27. The van der Waals surface area contributed by atoms with Crippen LogP contribution in [0, 0.1) is 5.92 Å². The number of aromatic nitrogens is 1. The van der Waals surface area contributed by atoms with Crippen LogP contribution in [0.4, 0.5) is 0 Å². The molecule has 1 heterocycles. The van der Waals surface area contributed by atoms with Gasteiger partial charge in [0.05, 0.1) is 12.1 Å². The number of esters is 1. The summed E-state index contributed by atoms with van der Waals surface area (Å²) in [5.41, 5.74) is 2.44. The van der Waals surface area contributed by atoms with Crippen LogP contribution in [0.25, 0.3) is 10.9 Å². The van der Waals surface area contributed by atoms with Gasteiger partial charge in [-0.1, -0.05) is 18.2 Å². The van der Waals surface area contributed by atoms with Gasteiger partial charge in [0.1, 0.15) is 0 Å². The molecule has 3 nitrogen and oxygen atoms in total. The Morgan fingerprint density at radius 1 is 1.22 bits per heavy atom. The van der Waals surface area contributed by atoms with E-state index in [-0.39, 0.29) is 5.97 Å². The molecule has 3 heteroatoms. The Labute approximate surface area is 138 Å². The largest absolute Gasteiger partial charge is 0.466 e. The number of carbonyl (C=O) groups excluding carboxylic acids is 1. The normalized spacial score (nSPS) is 21.3. The molecule has 0 amide bonds. The molecular weight excluding hydrogens is 286 g/mol. The first-order valence-electron chi connectivity index (χ1n) is 8.76. The van der Waals surface area contributed by atoms with E-state index < -0.39 is 0 Å². The van der Waals surface area contributed by atoms with Crippen LogP contribution in [0.3, 0.4) is 0 Å². The molecule has 3 rings (SSSR count).